The first kappa shape index (κ1) is 19.6. The summed E-state index contributed by atoms with van der Waals surface area (Å²) < 4.78 is 27.0. The third-order valence-corrected chi connectivity index (χ3v) is 5.75. The van der Waals surface area contributed by atoms with Gasteiger partial charge >= 0.3 is 0 Å². The second-order valence-corrected chi connectivity index (χ2v) is 7.90. The topological polar surface area (TPSA) is 32.3 Å². The molecule has 0 radical (unpaired) electrons. The number of rotatable bonds is 3. The molecule has 0 spiro atoms. The Balaban J connectivity index is 1.64. The summed E-state index contributed by atoms with van der Waals surface area (Å²) in [5.41, 5.74) is 5.48. The van der Waals surface area contributed by atoms with Crippen molar-refractivity contribution < 1.29 is 8.78 Å². The predicted molar refractivity (Wildman–Crippen MR) is 120 cm³/mol. The van der Waals surface area contributed by atoms with Gasteiger partial charge in [-0.15, -0.1) is 0 Å². The molecule has 1 fully saturated rings. The van der Waals surface area contributed by atoms with E-state index in [4.69, 9.17) is 9.97 Å². The lowest BCUT2D eigenvalue weighted by Crippen LogP contribution is -2.44. The SMILES string of the molecule is CN1CCN(c2ccc3nc(-c4ccc(F)cc4)c(-c4ccc(F)cc4)nc3c2)CC1. The van der Waals surface area contributed by atoms with E-state index in [0.717, 1.165) is 54.0 Å². The first-order chi connectivity index (χ1) is 15.1. The number of benzene rings is 3. The minimum atomic E-state index is -0.308. The molecule has 4 aromatic rings. The van der Waals surface area contributed by atoms with E-state index in [2.05, 4.69) is 29.0 Å². The molecule has 1 aliphatic rings. The van der Waals surface area contributed by atoms with E-state index >= 15 is 0 Å². The molecule has 4 nitrogen and oxygen atoms in total. The Morgan fingerprint density at radius 2 is 1.16 bits per heavy atom. The van der Waals surface area contributed by atoms with Crippen LogP contribution in [0.15, 0.2) is 66.7 Å². The minimum absolute atomic E-state index is 0.307. The van der Waals surface area contributed by atoms with Gasteiger partial charge in [0.15, 0.2) is 0 Å². The van der Waals surface area contributed by atoms with Crippen molar-refractivity contribution in [3.05, 3.63) is 78.4 Å². The number of piperazine rings is 1. The first-order valence-corrected chi connectivity index (χ1v) is 10.3. The number of fused-ring (bicyclic) bond motifs is 1. The fourth-order valence-electron chi connectivity index (χ4n) is 3.92. The van der Waals surface area contributed by atoms with Gasteiger partial charge in [-0.25, -0.2) is 18.7 Å². The van der Waals surface area contributed by atoms with Gasteiger partial charge in [0.1, 0.15) is 11.6 Å². The minimum Gasteiger partial charge on any atom is -0.369 e. The molecule has 5 rings (SSSR count). The number of hydrogen-bond donors (Lipinski definition) is 0. The van der Waals surface area contributed by atoms with Crippen molar-refractivity contribution in [2.45, 2.75) is 0 Å². The van der Waals surface area contributed by atoms with Crippen LogP contribution in [-0.4, -0.2) is 48.1 Å². The summed E-state index contributed by atoms with van der Waals surface area (Å²) in [6.07, 6.45) is 0. The van der Waals surface area contributed by atoms with Crippen LogP contribution in [-0.2, 0) is 0 Å². The van der Waals surface area contributed by atoms with E-state index in [0.29, 0.717) is 11.4 Å². The average Bonchev–Trinajstić information content (AvgIpc) is 2.79. The molecule has 0 unspecified atom stereocenters. The third kappa shape index (κ3) is 3.99. The van der Waals surface area contributed by atoms with Crippen LogP contribution >= 0.6 is 0 Å². The average molecular weight is 416 g/mol. The Hall–Kier alpha value is -3.38. The Morgan fingerprint density at radius 3 is 1.71 bits per heavy atom. The predicted octanol–water partition coefficient (Wildman–Crippen LogP) is 4.99. The Kier molecular flexibility index (Phi) is 5.08. The van der Waals surface area contributed by atoms with Gasteiger partial charge in [-0.05, 0) is 73.8 Å². The molecule has 3 aromatic carbocycles. The maximum atomic E-state index is 13.5. The highest BCUT2D eigenvalue weighted by molar-refractivity contribution is 5.87. The van der Waals surface area contributed by atoms with Gasteiger partial charge in [0.25, 0.3) is 0 Å². The molecule has 0 atom stereocenters. The van der Waals surface area contributed by atoms with Crippen LogP contribution in [0.1, 0.15) is 0 Å². The molecular weight excluding hydrogens is 394 g/mol. The fourth-order valence-corrected chi connectivity index (χ4v) is 3.92. The quantitative estimate of drug-likeness (QED) is 0.471. The summed E-state index contributed by atoms with van der Waals surface area (Å²) in [6.45, 7) is 3.98. The van der Waals surface area contributed by atoms with Crippen LogP contribution in [0.2, 0.25) is 0 Å². The molecule has 0 aliphatic carbocycles. The molecule has 1 saturated heterocycles. The van der Waals surface area contributed by atoms with Crippen LogP contribution in [0.5, 0.6) is 0 Å². The molecule has 156 valence electrons. The standard InChI is InChI=1S/C25H22F2N4/c1-30-12-14-31(15-13-30)21-10-11-22-23(16-21)29-25(18-4-8-20(27)9-5-18)24(28-22)17-2-6-19(26)7-3-17/h2-11,16H,12-15H2,1H3. The van der Waals surface area contributed by atoms with Gasteiger partial charge < -0.3 is 9.80 Å². The second kappa shape index (κ2) is 8.04. The van der Waals surface area contributed by atoms with Crippen molar-refractivity contribution in [3.8, 4) is 22.5 Å². The smallest absolute Gasteiger partial charge is 0.123 e. The summed E-state index contributed by atoms with van der Waals surface area (Å²) in [6, 6.07) is 18.5. The van der Waals surface area contributed by atoms with Crippen LogP contribution in [0.25, 0.3) is 33.5 Å². The van der Waals surface area contributed by atoms with E-state index in [1.807, 2.05) is 6.07 Å². The van der Waals surface area contributed by atoms with E-state index < -0.39 is 0 Å². The van der Waals surface area contributed by atoms with Crippen molar-refractivity contribution in [1.29, 1.82) is 0 Å². The zero-order chi connectivity index (χ0) is 21.4. The van der Waals surface area contributed by atoms with Gasteiger partial charge in [-0.2, -0.15) is 0 Å². The summed E-state index contributed by atoms with van der Waals surface area (Å²) in [4.78, 5) is 14.5. The monoisotopic (exact) mass is 416 g/mol. The summed E-state index contributed by atoms with van der Waals surface area (Å²) in [5, 5.41) is 0. The van der Waals surface area contributed by atoms with Gasteiger partial charge in [0.2, 0.25) is 0 Å². The number of likely N-dealkylation sites (N-methyl/N-ethyl adjacent to an activating group) is 1. The number of nitrogens with zero attached hydrogens (tertiary/aromatic N) is 4. The maximum absolute atomic E-state index is 13.5. The van der Waals surface area contributed by atoms with E-state index in [9.17, 15) is 8.78 Å². The molecule has 1 aromatic heterocycles. The summed E-state index contributed by atoms with van der Waals surface area (Å²) in [7, 11) is 2.13. The van der Waals surface area contributed by atoms with Gasteiger partial charge in [0, 0.05) is 43.0 Å². The largest absolute Gasteiger partial charge is 0.369 e. The van der Waals surface area contributed by atoms with Crippen molar-refractivity contribution in [2.24, 2.45) is 0 Å². The van der Waals surface area contributed by atoms with Crippen LogP contribution in [0.3, 0.4) is 0 Å². The van der Waals surface area contributed by atoms with Crippen molar-refractivity contribution >= 4 is 16.7 Å². The molecule has 31 heavy (non-hydrogen) atoms. The Labute approximate surface area is 179 Å². The van der Waals surface area contributed by atoms with Gasteiger partial charge in [-0.3, -0.25) is 0 Å². The molecule has 1 aliphatic heterocycles. The van der Waals surface area contributed by atoms with E-state index in [-0.39, 0.29) is 11.6 Å². The second-order valence-electron chi connectivity index (χ2n) is 7.90. The highest BCUT2D eigenvalue weighted by atomic mass is 19.1. The summed E-state index contributed by atoms with van der Waals surface area (Å²) >= 11 is 0. The normalized spacial score (nSPS) is 14.9. The molecule has 0 saturated carbocycles. The molecular formula is C25H22F2N4. The van der Waals surface area contributed by atoms with E-state index in [1.165, 1.54) is 24.3 Å². The summed E-state index contributed by atoms with van der Waals surface area (Å²) in [5.74, 6) is -0.615. The van der Waals surface area contributed by atoms with Crippen LogP contribution < -0.4 is 4.90 Å². The first-order valence-electron chi connectivity index (χ1n) is 10.3. The molecule has 6 heteroatoms. The van der Waals surface area contributed by atoms with Crippen LogP contribution in [0.4, 0.5) is 14.5 Å². The van der Waals surface area contributed by atoms with Gasteiger partial charge in [0.05, 0.1) is 22.4 Å². The Bertz CT molecular complexity index is 1210. The highest BCUT2D eigenvalue weighted by Gasteiger charge is 2.17. The zero-order valence-electron chi connectivity index (χ0n) is 17.2. The number of halogens is 2. The van der Waals surface area contributed by atoms with E-state index in [1.54, 1.807) is 24.3 Å². The maximum Gasteiger partial charge on any atom is 0.123 e. The highest BCUT2D eigenvalue weighted by Crippen LogP contribution is 2.32. The zero-order valence-corrected chi connectivity index (χ0v) is 17.2. The number of aromatic nitrogens is 2. The molecule has 0 amide bonds. The lowest BCUT2D eigenvalue weighted by molar-refractivity contribution is 0.313. The van der Waals surface area contributed by atoms with Crippen molar-refractivity contribution in [2.75, 3.05) is 38.1 Å². The lowest BCUT2D eigenvalue weighted by atomic mass is 10.0. The van der Waals surface area contributed by atoms with Gasteiger partial charge in [-0.1, -0.05) is 0 Å². The Morgan fingerprint density at radius 1 is 0.645 bits per heavy atom. The number of hydrogen-bond acceptors (Lipinski definition) is 4. The third-order valence-electron chi connectivity index (χ3n) is 5.75. The molecule has 0 N–H and O–H groups in total. The molecule has 2 heterocycles. The van der Waals surface area contributed by atoms with Crippen LogP contribution in [0, 0.1) is 11.6 Å². The van der Waals surface area contributed by atoms with Crippen molar-refractivity contribution in [1.82, 2.24) is 14.9 Å². The number of anilines is 1. The molecule has 0 bridgehead atoms. The lowest BCUT2D eigenvalue weighted by Gasteiger charge is -2.34. The van der Waals surface area contributed by atoms with Crippen molar-refractivity contribution in [3.63, 3.8) is 0 Å². The fraction of sp³-hybridized carbons (Fsp3) is 0.200.